The summed E-state index contributed by atoms with van der Waals surface area (Å²) in [5, 5.41) is 59.0. The number of aromatic amines is 1. The number of hydrogen-bond acceptors (Lipinski definition) is 11. The molecule has 0 unspecified atom stereocenters. The number of aliphatic hydroxyl groups excluding tert-OH is 3. The number of carboxylic acids is 1. The number of fused-ring (bicyclic) bond motifs is 3. The predicted molar refractivity (Wildman–Crippen MR) is 294 cm³/mol. The summed E-state index contributed by atoms with van der Waals surface area (Å²) in [4.78, 5) is 38.5. The lowest BCUT2D eigenvalue weighted by atomic mass is 10.1. The van der Waals surface area contributed by atoms with Crippen LogP contribution in [0.1, 0.15) is 98.9 Å². The molecule has 0 fully saturated rings. The third kappa shape index (κ3) is 13.3. The Morgan fingerprint density at radius 3 is 1.74 bits per heavy atom. The van der Waals surface area contributed by atoms with E-state index in [1.165, 1.54) is 51.9 Å². The number of benzene rings is 5. The summed E-state index contributed by atoms with van der Waals surface area (Å²) < 4.78 is 4.35. The second-order valence-corrected chi connectivity index (χ2v) is 18.8. The van der Waals surface area contributed by atoms with Crippen molar-refractivity contribution < 1.29 is 39.9 Å². The number of nitrogens with one attached hydrogen (secondary N) is 1. The Bertz CT molecular complexity index is 3310. The molecule has 0 saturated heterocycles. The second kappa shape index (κ2) is 25.1. The number of carboxylic acid groups (broad SMARTS) is 1. The number of aromatic carboxylic acids is 1. The summed E-state index contributed by atoms with van der Waals surface area (Å²) >= 11 is 5.27. The van der Waals surface area contributed by atoms with E-state index in [2.05, 4.69) is 64.1 Å². The fourth-order valence-corrected chi connectivity index (χ4v) is 7.95. The molecule has 10 rings (SSSR count). The number of amides is 2. The van der Waals surface area contributed by atoms with Crippen LogP contribution in [-0.4, -0.2) is 74.5 Å². The standard InChI is InChI=1S/C22H20N4O3.C12H15NO.C10H11N3O3.C9H9NO.C3H7Cl/c1-13(2)25-12-15(17-5-3-4-6-19(17)25)11-18-20(23)24-26(21(18)27)16-9-7-14(8-10-16)22(28)29;1-9(2)13-7-10(8-14)11-5-3-4-6-12(11)13;11-8-5-9(14)13(12-8)7-3-1-6(2-4-7)10(15)16;11-6-7-5-10-9-4-2-1-3-8(7)9;1-3(2)4/h3-13H,1-2H3,(H2,23,24)(H,28,29);3-7,9,14H,8H2,1-2H3;1-4,10,15-16H,5H2,(H2,11,12);1-5,10-11H,6H2;3H,1-2H3/b18-11-;;;;. The summed E-state index contributed by atoms with van der Waals surface area (Å²) in [5.41, 5.74) is 19.5. The van der Waals surface area contributed by atoms with Crippen LogP contribution in [0, 0.1) is 0 Å². The van der Waals surface area contributed by atoms with Crippen LogP contribution in [0.2, 0.25) is 0 Å². The van der Waals surface area contributed by atoms with Gasteiger partial charge >= 0.3 is 5.97 Å². The fourth-order valence-electron chi connectivity index (χ4n) is 7.95. The minimum absolute atomic E-state index is 0.101. The topological polar surface area (TPSA) is 261 Å². The molecule has 2 aliphatic rings. The summed E-state index contributed by atoms with van der Waals surface area (Å²) in [6, 6.07) is 36.9. The number of nitrogens with zero attached hydrogens (tertiary/aromatic N) is 6. The Kier molecular flexibility index (Phi) is 18.7. The summed E-state index contributed by atoms with van der Waals surface area (Å²) in [6.07, 6.45) is 6.24. The van der Waals surface area contributed by atoms with E-state index in [1.807, 2.05) is 93.1 Å². The first kappa shape index (κ1) is 55.3. The average Bonchev–Trinajstić information content (AvgIpc) is 4.21. The first-order valence-corrected chi connectivity index (χ1v) is 24.2. The number of halogens is 1. The molecule has 0 bridgehead atoms. The van der Waals surface area contributed by atoms with Gasteiger partial charge < -0.3 is 51.1 Å². The number of H-pyrrole nitrogens is 1. The monoisotopic (exact) mass is 1020 g/mol. The van der Waals surface area contributed by atoms with E-state index in [0.717, 1.165) is 43.9 Å². The number of hydrogen-bond donors (Lipinski definition) is 8. The van der Waals surface area contributed by atoms with Crippen molar-refractivity contribution in [2.75, 3.05) is 10.0 Å². The van der Waals surface area contributed by atoms with Gasteiger partial charge in [-0.15, -0.1) is 16.7 Å². The van der Waals surface area contributed by atoms with Crippen molar-refractivity contribution in [1.82, 2.24) is 14.1 Å². The first-order valence-electron chi connectivity index (χ1n) is 23.8. The van der Waals surface area contributed by atoms with E-state index < -0.39 is 12.3 Å². The van der Waals surface area contributed by atoms with Gasteiger partial charge in [-0.05, 0) is 102 Å². The Morgan fingerprint density at radius 1 is 0.689 bits per heavy atom. The summed E-state index contributed by atoms with van der Waals surface area (Å²) in [5.74, 6) is -1.19. The van der Waals surface area contributed by atoms with Crippen LogP contribution >= 0.6 is 11.6 Å². The molecule has 18 heteroatoms. The van der Waals surface area contributed by atoms with E-state index in [4.69, 9.17) is 43.5 Å². The van der Waals surface area contributed by atoms with E-state index in [0.29, 0.717) is 33.9 Å². The van der Waals surface area contributed by atoms with E-state index in [1.54, 1.807) is 18.2 Å². The number of carbonyl (C=O) groups excluding carboxylic acids is 2. The first-order chi connectivity index (χ1) is 35.3. The molecule has 0 spiro atoms. The van der Waals surface area contributed by atoms with Gasteiger partial charge in [-0.2, -0.15) is 15.1 Å². The maximum atomic E-state index is 13.0. The van der Waals surface area contributed by atoms with E-state index in [-0.39, 0.29) is 54.7 Å². The third-order valence-electron chi connectivity index (χ3n) is 11.5. The Hall–Kier alpha value is -8.06. The normalized spacial score (nSPS) is 13.7. The van der Waals surface area contributed by atoms with Crippen LogP contribution in [-0.2, 0) is 22.8 Å². The lowest BCUT2D eigenvalue weighted by Gasteiger charge is -2.12. The SMILES string of the molecule is CC(C)Cl.CC(C)n1cc(/C=C2\C(=O)N(c3ccc(C(=O)O)cc3)N=C2N)c2ccccc21.CC(C)n1cc(CO)c2ccccc21.NC1=NN(c2ccc(C(O)O)cc2)C(=O)C1.OCc1c[nH]c2ccccc12. The largest absolute Gasteiger partial charge is 0.478 e. The van der Waals surface area contributed by atoms with Crippen LogP contribution in [0.15, 0.2) is 156 Å². The molecule has 2 aliphatic heterocycles. The number of carbonyl (C=O) groups is 3. The lowest BCUT2D eigenvalue weighted by Crippen LogP contribution is -2.22. The molecule has 17 nitrogen and oxygen atoms in total. The number of amidine groups is 2. The zero-order valence-electron chi connectivity index (χ0n) is 42.0. The molecule has 2 amide bonds. The molecule has 386 valence electrons. The number of aromatic nitrogens is 3. The maximum absolute atomic E-state index is 13.0. The van der Waals surface area contributed by atoms with Crippen LogP contribution in [0.4, 0.5) is 11.4 Å². The van der Waals surface area contributed by atoms with Crippen LogP contribution in [0.3, 0.4) is 0 Å². The fraction of sp³-hybridized carbons (Fsp3) is 0.232. The molecule has 10 N–H and O–H groups in total. The van der Waals surface area contributed by atoms with Gasteiger partial charge in [0.1, 0.15) is 5.84 Å². The van der Waals surface area contributed by atoms with Crippen molar-refractivity contribution in [3.05, 3.63) is 173 Å². The third-order valence-corrected chi connectivity index (χ3v) is 11.5. The molecular weight excluding hydrogens is 962 g/mol. The van der Waals surface area contributed by atoms with Gasteiger partial charge in [-0.25, -0.2) is 4.79 Å². The average molecular weight is 1020 g/mol. The van der Waals surface area contributed by atoms with Crippen molar-refractivity contribution in [2.24, 2.45) is 21.7 Å². The number of para-hydroxylation sites is 3. The number of aliphatic hydroxyl groups is 4. The quantitative estimate of drug-likeness (QED) is 0.0386. The number of alkyl halides is 1. The zero-order valence-corrected chi connectivity index (χ0v) is 42.7. The Morgan fingerprint density at radius 2 is 1.20 bits per heavy atom. The molecule has 0 aliphatic carbocycles. The van der Waals surface area contributed by atoms with Crippen LogP contribution in [0.25, 0.3) is 38.8 Å². The molecule has 74 heavy (non-hydrogen) atoms. The second-order valence-electron chi connectivity index (χ2n) is 17.9. The smallest absolute Gasteiger partial charge is 0.335 e. The summed E-state index contributed by atoms with van der Waals surface area (Å²) in [7, 11) is 0. The zero-order chi connectivity index (χ0) is 53.8. The molecule has 5 aromatic carbocycles. The van der Waals surface area contributed by atoms with Gasteiger partial charge in [0, 0.05) is 91.0 Å². The van der Waals surface area contributed by atoms with Crippen molar-refractivity contribution >= 4 is 91.2 Å². The van der Waals surface area contributed by atoms with Crippen molar-refractivity contribution in [3.63, 3.8) is 0 Å². The van der Waals surface area contributed by atoms with E-state index in [9.17, 15) is 19.5 Å². The Labute approximate surface area is 433 Å². The predicted octanol–water partition coefficient (Wildman–Crippen LogP) is 9.31. The lowest BCUT2D eigenvalue weighted by molar-refractivity contribution is -0.117. The highest BCUT2D eigenvalue weighted by molar-refractivity contribution is 6.32. The van der Waals surface area contributed by atoms with Crippen molar-refractivity contribution in [2.45, 2.75) is 84.9 Å². The molecular formula is C56H62ClN9O8. The van der Waals surface area contributed by atoms with Gasteiger partial charge in [-0.1, -0.05) is 66.7 Å². The van der Waals surface area contributed by atoms with Gasteiger partial charge in [-0.3, -0.25) is 9.59 Å². The van der Waals surface area contributed by atoms with Crippen molar-refractivity contribution in [1.29, 1.82) is 0 Å². The molecule has 3 aromatic heterocycles. The molecule has 0 atom stereocenters. The molecule has 5 heterocycles. The van der Waals surface area contributed by atoms with Crippen LogP contribution < -0.4 is 21.5 Å². The minimum Gasteiger partial charge on any atom is -0.478 e. The number of hydrazone groups is 2. The molecule has 0 saturated carbocycles. The minimum atomic E-state index is -1.52. The number of anilines is 2. The van der Waals surface area contributed by atoms with E-state index >= 15 is 0 Å². The number of nitrogens with two attached hydrogens (primary N) is 2. The van der Waals surface area contributed by atoms with Gasteiger partial charge in [0.2, 0.25) is 0 Å². The highest BCUT2D eigenvalue weighted by Crippen LogP contribution is 2.30. The highest BCUT2D eigenvalue weighted by atomic mass is 35.5. The maximum Gasteiger partial charge on any atom is 0.335 e. The highest BCUT2D eigenvalue weighted by Gasteiger charge is 2.30. The number of rotatable bonds is 9. The van der Waals surface area contributed by atoms with Gasteiger partial charge in [0.25, 0.3) is 11.8 Å². The molecule has 8 aromatic rings. The van der Waals surface area contributed by atoms with Crippen LogP contribution in [0.5, 0.6) is 0 Å². The van der Waals surface area contributed by atoms with Crippen molar-refractivity contribution in [3.8, 4) is 0 Å². The van der Waals surface area contributed by atoms with Gasteiger partial charge in [0.05, 0.1) is 42.1 Å². The Balaban J connectivity index is 0.000000168. The molecule has 0 radical (unpaired) electrons. The summed E-state index contributed by atoms with van der Waals surface area (Å²) in [6.45, 7) is 12.6. The van der Waals surface area contributed by atoms with Gasteiger partial charge in [0.15, 0.2) is 12.1 Å².